The topological polar surface area (TPSA) is 116 Å². The fourth-order valence-electron chi connectivity index (χ4n) is 18.0. The quantitative estimate of drug-likeness (QED) is 0.105. The van der Waals surface area contributed by atoms with Crippen molar-refractivity contribution in [1.29, 1.82) is 0 Å². The van der Waals surface area contributed by atoms with Crippen LogP contribution in [0.5, 0.6) is 28.7 Å². The van der Waals surface area contributed by atoms with Crippen LogP contribution in [0.3, 0.4) is 0 Å². The van der Waals surface area contributed by atoms with E-state index < -0.39 is 11.6 Å². The van der Waals surface area contributed by atoms with Gasteiger partial charge >= 0.3 is 0 Å². The number of ether oxygens (including phenoxy) is 1. The zero-order chi connectivity index (χ0) is 101. The SMILES string of the molecule is CC(C)(C)c1c(F)c(O)cc2ccccc12.CC(C)(C)c1c(O)ccc2ccccc12.CC(C)(C)c1cc(F)cc2ccccc12.CC(C)(C)c1cc(N)cc2ccccc12.CC(C)(C)c1cc(O)c(F)c2ccccc12.CC(C)(C)c1cc(O)cc2ccccc12.CC(C)(C)c1cccc2ccccc12.COc1ccc2ccccc2c1C(C)(C)C.Cc1cc(C(C)(C)C)c2ccccc2c1. The van der Waals surface area contributed by atoms with Gasteiger partial charge in [-0.25, -0.2) is 13.2 Å². The van der Waals surface area contributed by atoms with Crippen LogP contribution < -0.4 is 10.5 Å². The summed E-state index contributed by atoms with van der Waals surface area (Å²) in [6.45, 7) is 60.2. The first-order chi connectivity index (χ1) is 63.9. The number of anilines is 1. The number of phenolic OH excluding ortho intramolecular Hbond substituents is 4. The molecule has 0 atom stereocenters. The van der Waals surface area contributed by atoms with Gasteiger partial charge in [0, 0.05) is 27.8 Å². The lowest BCUT2D eigenvalue weighted by Gasteiger charge is -2.24. The van der Waals surface area contributed by atoms with Crippen LogP contribution in [0.2, 0.25) is 0 Å². The Balaban J connectivity index is 0.000000159. The first-order valence-electron chi connectivity index (χ1n) is 47.6. The molecule has 18 aromatic rings. The molecule has 0 aliphatic carbocycles. The highest BCUT2D eigenvalue weighted by Gasteiger charge is 2.28. The number of fused-ring (bicyclic) bond motifs is 9. The van der Waals surface area contributed by atoms with Crippen LogP contribution in [0.25, 0.3) is 97.0 Å². The van der Waals surface area contributed by atoms with Gasteiger partial charge in [-0.2, -0.15) is 0 Å². The summed E-state index contributed by atoms with van der Waals surface area (Å²) < 4.78 is 46.6. The van der Waals surface area contributed by atoms with Crippen LogP contribution in [-0.2, 0) is 48.7 Å². The van der Waals surface area contributed by atoms with Gasteiger partial charge in [-0.3, -0.25) is 0 Å². The Bertz CT molecular complexity index is 6850. The summed E-state index contributed by atoms with van der Waals surface area (Å²) in [5.41, 5.74) is 18.6. The number of hydrogen-bond acceptors (Lipinski definition) is 6. The van der Waals surface area contributed by atoms with Gasteiger partial charge in [0.1, 0.15) is 23.1 Å². The second kappa shape index (κ2) is 43.1. The summed E-state index contributed by atoms with van der Waals surface area (Å²) in [6.07, 6.45) is 0. The Morgan fingerprint density at radius 3 is 0.942 bits per heavy atom. The van der Waals surface area contributed by atoms with Crippen molar-refractivity contribution in [3.63, 3.8) is 0 Å². The minimum absolute atomic E-state index is 0.0261. The molecule has 0 aliphatic heterocycles. The lowest BCUT2D eigenvalue weighted by atomic mass is 9.83. The average Bonchev–Trinajstić information content (AvgIpc) is 0.643. The molecule has 0 fully saturated rings. The van der Waals surface area contributed by atoms with E-state index >= 15 is 0 Å². The molecule has 0 spiro atoms. The molecule has 6 nitrogen and oxygen atoms in total. The Kier molecular flexibility index (Phi) is 33.3. The van der Waals surface area contributed by atoms with E-state index in [0.29, 0.717) is 22.4 Å². The van der Waals surface area contributed by atoms with E-state index in [0.717, 1.165) is 65.8 Å². The highest BCUT2D eigenvalue weighted by atomic mass is 19.1. The van der Waals surface area contributed by atoms with Crippen LogP contribution in [0.4, 0.5) is 18.9 Å². The van der Waals surface area contributed by atoms with Gasteiger partial charge in [0.2, 0.25) is 0 Å². The Morgan fingerprint density at radius 1 is 0.219 bits per heavy atom. The van der Waals surface area contributed by atoms with E-state index in [1.165, 1.54) is 99.4 Å². The zero-order valence-corrected chi connectivity index (χ0v) is 86.5. The minimum Gasteiger partial charge on any atom is -0.508 e. The lowest BCUT2D eigenvalue weighted by Crippen LogP contribution is -2.14. The Morgan fingerprint density at radius 2 is 0.518 bits per heavy atom. The number of aryl methyl sites for hydroxylation is 1. The van der Waals surface area contributed by atoms with E-state index in [1.807, 2.05) is 157 Å². The van der Waals surface area contributed by atoms with Crippen LogP contribution in [0.15, 0.2) is 322 Å². The zero-order valence-electron chi connectivity index (χ0n) is 86.5. The number of halogens is 3. The van der Waals surface area contributed by atoms with E-state index in [1.54, 1.807) is 37.4 Å². The van der Waals surface area contributed by atoms with Crippen molar-refractivity contribution in [1.82, 2.24) is 0 Å². The second-order valence-corrected chi connectivity index (χ2v) is 45.1. The predicted molar refractivity (Wildman–Crippen MR) is 586 cm³/mol. The van der Waals surface area contributed by atoms with Gasteiger partial charge < -0.3 is 30.9 Å². The molecule has 0 aromatic heterocycles. The van der Waals surface area contributed by atoms with Crippen LogP contribution in [0, 0.1) is 24.4 Å². The standard InChI is InChI=1S/C15H18O.C15H18.2C14H15FO.C14H15F.C14H17N.2C14H16O.C14H16/c1-15(2,3)14-12-8-6-5-7-11(12)9-10-13(14)16-4;1-11-9-12-7-5-6-8-13(12)14(10-11)15(2,3)4;1-14(2,3)11-8-12(16)13(15)10-7-5-4-6-9(10)11;1-14(2,3)12-10-7-5-4-6-9(10)8-11(16)13(12)15;3*1-14(2,3)13-9-11(15)8-10-6-4-5-7-12(10)13;1-14(2,3)13-11-7-5-4-6-10(11)8-9-12(13)15;1-14(2,3)13-10-6-8-11-7-4-5-9-12(11)13/h5-10H,1-4H3;5-10H,1-4H3;2*4-8,16H,1-3H3;4-9H,1-3H3;4-9H,15H2,1-3H3;2*4-9,15H,1-3H3;4-10H,1-3H3. The number of nitrogen functional groups attached to an aromatic ring is 1. The molecular weight excluding hydrogens is 1690 g/mol. The summed E-state index contributed by atoms with van der Waals surface area (Å²) >= 11 is 0. The molecule has 0 heterocycles. The van der Waals surface area contributed by atoms with Crippen molar-refractivity contribution in [2.45, 2.75) is 243 Å². The molecule has 18 aromatic carbocycles. The maximum Gasteiger partial charge on any atom is 0.172 e. The van der Waals surface area contributed by atoms with E-state index in [9.17, 15) is 33.6 Å². The number of phenols is 4. The third kappa shape index (κ3) is 27.0. The summed E-state index contributed by atoms with van der Waals surface area (Å²) in [5.74, 6) is -0.0355. The summed E-state index contributed by atoms with van der Waals surface area (Å²) in [7, 11) is 1.74. The normalized spacial score (nSPS) is 11.9. The van der Waals surface area contributed by atoms with E-state index in [-0.39, 0.29) is 66.1 Å². The Labute approximate surface area is 814 Å². The monoisotopic (exact) mass is 1830 g/mol. The Hall–Kier alpha value is -13.1. The molecule has 0 saturated heterocycles. The molecule has 0 radical (unpaired) electrons. The molecule has 18 rings (SSSR count). The number of rotatable bonds is 1. The molecule has 9 heteroatoms. The van der Waals surface area contributed by atoms with Gasteiger partial charge in [-0.15, -0.1) is 0 Å². The fraction of sp³-hybridized carbons (Fsp3) is 0.297. The van der Waals surface area contributed by atoms with Crippen LogP contribution in [-0.4, -0.2) is 27.5 Å². The predicted octanol–water partition coefficient (Wildman–Crippen LogP) is 36.4. The van der Waals surface area contributed by atoms with Crippen molar-refractivity contribution in [3.8, 4) is 28.7 Å². The largest absolute Gasteiger partial charge is 0.508 e. The molecule has 137 heavy (non-hydrogen) atoms. The third-order valence-corrected chi connectivity index (χ3v) is 24.4. The lowest BCUT2D eigenvalue weighted by molar-refractivity contribution is 0.399. The fourth-order valence-corrected chi connectivity index (χ4v) is 18.0. The van der Waals surface area contributed by atoms with E-state index in [4.69, 9.17) is 10.5 Å². The molecule has 0 saturated carbocycles. The maximum atomic E-state index is 14.0. The molecule has 0 bridgehead atoms. The maximum absolute atomic E-state index is 14.0. The molecular formula is C128H146F3NO5. The van der Waals surface area contributed by atoms with Crippen molar-refractivity contribution < 1.29 is 38.3 Å². The summed E-state index contributed by atoms with van der Waals surface area (Å²) in [4.78, 5) is 0. The highest BCUT2D eigenvalue weighted by Crippen LogP contribution is 2.44. The minimum atomic E-state index is -0.538. The number of benzene rings is 18. The van der Waals surface area contributed by atoms with Gasteiger partial charge in [0.05, 0.1) is 7.11 Å². The average molecular weight is 1840 g/mol. The van der Waals surface area contributed by atoms with Crippen molar-refractivity contribution in [2.75, 3.05) is 12.8 Å². The highest BCUT2D eigenvalue weighted by molar-refractivity contribution is 5.95. The van der Waals surface area contributed by atoms with Crippen molar-refractivity contribution in [2.24, 2.45) is 0 Å². The number of aromatic hydroxyl groups is 4. The second-order valence-electron chi connectivity index (χ2n) is 45.1. The number of methoxy groups -OCH3 is 1. The third-order valence-electron chi connectivity index (χ3n) is 24.4. The van der Waals surface area contributed by atoms with Gasteiger partial charge in [-0.05, 0) is 241 Å². The smallest absolute Gasteiger partial charge is 0.172 e. The number of hydrogen-bond donors (Lipinski definition) is 5. The van der Waals surface area contributed by atoms with Gasteiger partial charge in [0.15, 0.2) is 23.1 Å². The van der Waals surface area contributed by atoms with Gasteiger partial charge in [-0.1, -0.05) is 453 Å². The van der Waals surface area contributed by atoms with Crippen LogP contribution >= 0.6 is 0 Å². The first kappa shape index (κ1) is 106. The molecule has 714 valence electrons. The molecule has 0 unspecified atom stereocenters. The summed E-state index contributed by atoms with van der Waals surface area (Å²) in [6, 6.07) is 106. The number of nitrogens with two attached hydrogens (primary N) is 1. The first-order valence-corrected chi connectivity index (χ1v) is 47.6. The van der Waals surface area contributed by atoms with Crippen molar-refractivity contribution in [3.05, 3.63) is 395 Å². The van der Waals surface area contributed by atoms with E-state index in [2.05, 4.69) is 316 Å². The summed E-state index contributed by atoms with van der Waals surface area (Å²) in [5, 5.41) is 59.2. The van der Waals surface area contributed by atoms with Gasteiger partial charge in [0.25, 0.3) is 0 Å². The van der Waals surface area contributed by atoms with Crippen molar-refractivity contribution >= 4 is 103 Å². The molecule has 0 aliphatic rings. The van der Waals surface area contributed by atoms with Crippen LogP contribution in [0.1, 0.15) is 243 Å². The molecule has 6 N–H and O–H groups in total. The molecule has 0 amide bonds.